The van der Waals surface area contributed by atoms with E-state index in [-0.39, 0.29) is 0 Å². The summed E-state index contributed by atoms with van der Waals surface area (Å²) in [6.45, 7) is 3.06. The third kappa shape index (κ3) is 4.59. The summed E-state index contributed by atoms with van der Waals surface area (Å²) in [4.78, 5) is 14.8. The molecule has 1 unspecified atom stereocenters. The molecule has 0 aromatic rings. The van der Waals surface area contributed by atoms with Gasteiger partial charge in [-0.1, -0.05) is 45.4 Å². The summed E-state index contributed by atoms with van der Waals surface area (Å²) in [6, 6.07) is 0. The highest BCUT2D eigenvalue weighted by atomic mass is 16.4. The van der Waals surface area contributed by atoms with Crippen LogP contribution in [0.5, 0.6) is 0 Å². The molecular weight excluding hydrogens is 228 g/mol. The number of rotatable bonds is 9. The van der Waals surface area contributed by atoms with E-state index in [0.717, 1.165) is 13.0 Å². The lowest BCUT2D eigenvalue weighted by Gasteiger charge is -2.26. The van der Waals surface area contributed by atoms with Gasteiger partial charge in [0.1, 0.15) is 0 Å². The molecule has 0 bridgehead atoms. The minimum atomic E-state index is -0.773. The number of carboxylic acids is 1. The molecule has 1 aliphatic heterocycles. The second-order valence-electron chi connectivity index (χ2n) is 5.03. The highest BCUT2D eigenvalue weighted by molar-refractivity contribution is 5.73. The van der Waals surface area contributed by atoms with Crippen LogP contribution in [0.1, 0.15) is 51.9 Å². The fraction of sp³-hybridized carbons (Fsp3) is 0.786. The lowest BCUT2D eigenvalue weighted by Crippen LogP contribution is -2.43. The van der Waals surface area contributed by atoms with Gasteiger partial charge in [0.15, 0.2) is 0 Å². The fourth-order valence-electron chi connectivity index (χ4n) is 2.35. The molecule has 0 fully saturated rings. The second kappa shape index (κ2) is 8.01. The molecule has 4 heteroatoms. The van der Waals surface area contributed by atoms with Crippen LogP contribution in [0.3, 0.4) is 0 Å². The third-order valence-corrected chi connectivity index (χ3v) is 3.43. The number of carboxylic acid groups (broad SMARTS) is 1. The maximum absolute atomic E-state index is 11.1. The monoisotopic (exact) mass is 254 g/mol. The number of carbonyl (C=O) groups is 1. The topological polar surface area (TPSA) is 43.8 Å². The number of likely N-dealkylation sites (N-methyl/N-ethyl adjacent to an activating group) is 1. The zero-order valence-corrected chi connectivity index (χ0v) is 11.6. The summed E-state index contributed by atoms with van der Waals surface area (Å²) in [5.74, 6) is -0.773. The number of hydrogen-bond donors (Lipinski definition) is 1. The minimum absolute atomic E-state index is 0.509. The first kappa shape index (κ1) is 14.9. The molecule has 0 aliphatic carbocycles. The van der Waals surface area contributed by atoms with Gasteiger partial charge >= 0.3 is 5.97 Å². The van der Waals surface area contributed by atoms with Crippen molar-refractivity contribution in [2.45, 2.75) is 58.0 Å². The first-order valence-electron chi connectivity index (χ1n) is 7.05. The van der Waals surface area contributed by atoms with Crippen LogP contribution in [-0.4, -0.2) is 40.6 Å². The molecule has 4 nitrogen and oxygen atoms in total. The summed E-state index contributed by atoms with van der Waals surface area (Å²) in [7, 11) is 1.81. The van der Waals surface area contributed by atoms with E-state index in [0.29, 0.717) is 0 Å². The van der Waals surface area contributed by atoms with Crippen LogP contribution in [-0.2, 0) is 4.79 Å². The van der Waals surface area contributed by atoms with Crippen molar-refractivity contribution in [2.75, 3.05) is 13.6 Å². The van der Waals surface area contributed by atoms with E-state index in [1.54, 1.807) is 11.9 Å². The normalized spacial score (nSPS) is 18.7. The van der Waals surface area contributed by atoms with Crippen molar-refractivity contribution in [3.8, 4) is 0 Å². The van der Waals surface area contributed by atoms with Crippen LogP contribution in [0.15, 0.2) is 12.4 Å². The molecule has 0 aromatic heterocycles. The molecule has 0 saturated heterocycles. The second-order valence-corrected chi connectivity index (χ2v) is 5.03. The quantitative estimate of drug-likeness (QED) is 0.643. The van der Waals surface area contributed by atoms with Crippen LogP contribution in [0.25, 0.3) is 0 Å². The molecule has 0 radical (unpaired) electrons. The number of hydrogen-bond acceptors (Lipinski definition) is 3. The minimum Gasteiger partial charge on any atom is -0.478 e. The Kier molecular flexibility index (Phi) is 6.61. The van der Waals surface area contributed by atoms with Crippen LogP contribution in [0.2, 0.25) is 0 Å². The zero-order chi connectivity index (χ0) is 13.4. The number of unbranched alkanes of at least 4 members (excludes halogenated alkanes) is 6. The maximum Gasteiger partial charge on any atom is 0.347 e. The largest absolute Gasteiger partial charge is 0.478 e. The zero-order valence-electron chi connectivity index (χ0n) is 11.6. The Hall–Kier alpha value is -1.19. The van der Waals surface area contributed by atoms with Crippen molar-refractivity contribution in [2.24, 2.45) is 0 Å². The van der Waals surface area contributed by atoms with Crippen LogP contribution < -0.4 is 0 Å². The van der Waals surface area contributed by atoms with Crippen molar-refractivity contribution in [3.05, 3.63) is 12.4 Å². The summed E-state index contributed by atoms with van der Waals surface area (Å²) < 4.78 is 0. The van der Waals surface area contributed by atoms with E-state index in [1.165, 1.54) is 38.5 Å². The van der Waals surface area contributed by atoms with Gasteiger partial charge in [-0.2, -0.15) is 0 Å². The Balaban J connectivity index is 2.12. The van der Waals surface area contributed by atoms with Gasteiger partial charge in [-0.25, -0.2) is 4.79 Å². The van der Waals surface area contributed by atoms with Crippen LogP contribution >= 0.6 is 0 Å². The summed E-state index contributed by atoms with van der Waals surface area (Å²) >= 11 is 0. The molecule has 0 aromatic carbocycles. The van der Waals surface area contributed by atoms with Gasteiger partial charge in [-0.3, -0.25) is 0 Å². The molecule has 1 atom stereocenters. The Morgan fingerprint density at radius 2 is 1.72 bits per heavy atom. The van der Waals surface area contributed by atoms with E-state index in [9.17, 15) is 4.79 Å². The van der Waals surface area contributed by atoms with Gasteiger partial charge in [0.2, 0.25) is 6.17 Å². The standard InChI is InChI=1S/C14H26N2O2/c1-3-4-5-6-7-8-9-10-16-12-11-15(2)13(16)14(17)18/h11-13H,3-10H2,1-2H3,(H,17,18). The smallest absolute Gasteiger partial charge is 0.347 e. The van der Waals surface area contributed by atoms with Crippen molar-refractivity contribution in [1.82, 2.24) is 9.80 Å². The molecule has 1 N–H and O–H groups in total. The number of aliphatic carboxylic acids is 1. The Bertz CT molecular complexity index is 279. The summed E-state index contributed by atoms with van der Waals surface area (Å²) in [6.07, 6.45) is 12.0. The fourth-order valence-corrected chi connectivity index (χ4v) is 2.35. The molecule has 0 saturated carbocycles. The molecule has 1 rings (SSSR count). The van der Waals surface area contributed by atoms with E-state index in [4.69, 9.17) is 5.11 Å². The average molecular weight is 254 g/mol. The number of nitrogens with zero attached hydrogens (tertiary/aromatic N) is 2. The Morgan fingerprint density at radius 1 is 1.11 bits per heavy atom. The van der Waals surface area contributed by atoms with E-state index >= 15 is 0 Å². The van der Waals surface area contributed by atoms with E-state index in [1.807, 2.05) is 17.3 Å². The van der Waals surface area contributed by atoms with Gasteiger partial charge < -0.3 is 14.9 Å². The molecule has 1 heterocycles. The van der Waals surface area contributed by atoms with Gasteiger partial charge in [-0.05, 0) is 6.42 Å². The van der Waals surface area contributed by atoms with Crippen molar-refractivity contribution in [1.29, 1.82) is 0 Å². The van der Waals surface area contributed by atoms with Crippen molar-refractivity contribution < 1.29 is 9.90 Å². The van der Waals surface area contributed by atoms with Gasteiger partial charge in [0.25, 0.3) is 0 Å². The van der Waals surface area contributed by atoms with Gasteiger partial charge in [0, 0.05) is 26.0 Å². The van der Waals surface area contributed by atoms with E-state index < -0.39 is 12.1 Å². The van der Waals surface area contributed by atoms with Crippen LogP contribution in [0.4, 0.5) is 0 Å². The predicted molar refractivity (Wildman–Crippen MR) is 73.0 cm³/mol. The van der Waals surface area contributed by atoms with Crippen molar-refractivity contribution in [3.63, 3.8) is 0 Å². The molecule has 0 amide bonds. The first-order valence-corrected chi connectivity index (χ1v) is 7.05. The first-order chi connectivity index (χ1) is 8.66. The Morgan fingerprint density at radius 3 is 2.33 bits per heavy atom. The maximum atomic E-state index is 11.1. The SMILES string of the molecule is CCCCCCCCCN1C=CN(C)C1C(=O)O. The third-order valence-electron chi connectivity index (χ3n) is 3.43. The summed E-state index contributed by atoms with van der Waals surface area (Å²) in [5, 5.41) is 9.13. The highest BCUT2D eigenvalue weighted by Gasteiger charge is 2.29. The van der Waals surface area contributed by atoms with Crippen LogP contribution in [0, 0.1) is 0 Å². The van der Waals surface area contributed by atoms with Gasteiger partial charge in [-0.15, -0.1) is 0 Å². The molecule has 0 spiro atoms. The summed E-state index contributed by atoms with van der Waals surface area (Å²) in [5.41, 5.74) is 0. The molecular formula is C14H26N2O2. The molecule has 18 heavy (non-hydrogen) atoms. The molecule has 1 aliphatic rings. The Labute approximate surface area is 110 Å². The van der Waals surface area contributed by atoms with E-state index in [2.05, 4.69) is 6.92 Å². The highest BCUT2D eigenvalue weighted by Crippen LogP contribution is 2.15. The lowest BCUT2D eigenvalue weighted by atomic mass is 10.1. The lowest BCUT2D eigenvalue weighted by molar-refractivity contribution is -0.146. The predicted octanol–water partition coefficient (Wildman–Crippen LogP) is 2.87. The van der Waals surface area contributed by atoms with Crippen molar-refractivity contribution >= 4 is 5.97 Å². The molecule has 104 valence electrons. The average Bonchev–Trinajstić information content (AvgIpc) is 2.69. The van der Waals surface area contributed by atoms with Gasteiger partial charge in [0.05, 0.1) is 0 Å².